The Bertz CT molecular complexity index is 4520. The van der Waals surface area contributed by atoms with Crippen molar-refractivity contribution in [1.82, 2.24) is 19.9 Å². The molecule has 8 bridgehead atoms. The molecule has 9 rings (SSSR count). The molecule has 5 heterocycles. The Morgan fingerprint density at radius 3 is 0.965 bits per heavy atom. The Morgan fingerprint density at radius 2 is 0.614 bits per heavy atom. The fraction of sp³-hybridized carbons (Fsp3) is 0.459. The summed E-state index contributed by atoms with van der Waals surface area (Å²) in [7, 11) is 0. The van der Waals surface area contributed by atoms with Gasteiger partial charge in [0.2, 0.25) is 0 Å². The molecule has 3 unspecified atom stereocenters. The number of nitrogens with one attached hydrogen (secondary N) is 2. The van der Waals surface area contributed by atoms with Crippen LogP contribution in [0.1, 0.15) is 239 Å². The van der Waals surface area contributed by atoms with Crippen molar-refractivity contribution in [2.75, 3.05) is 59.5 Å². The predicted molar refractivity (Wildman–Crippen MR) is 466 cm³/mol. The van der Waals surface area contributed by atoms with Crippen LogP contribution < -0.4 is 28.4 Å². The van der Waals surface area contributed by atoms with Crippen LogP contribution in [0.25, 0.3) is 90.9 Å². The van der Waals surface area contributed by atoms with Crippen molar-refractivity contribution in [2.45, 2.75) is 216 Å². The number of hydrogen-bond donors (Lipinski definition) is 2. The topological polar surface area (TPSA) is 192 Å². The average molecular weight is 1550 g/mol. The van der Waals surface area contributed by atoms with Gasteiger partial charge in [0.15, 0.2) is 23.0 Å². The minimum Gasteiger partial charge on any atom is -0.494 e. The third-order valence-corrected chi connectivity index (χ3v) is 21.2. The molecule has 7 aromatic rings. The summed E-state index contributed by atoms with van der Waals surface area (Å²) < 4.78 is 56.4. The summed E-state index contributed by atoms with van der Waals surface area (Å²) in [4.78, 5) is 55.6. The number of carbonyl (C=O) groups excluding carboxylic acids is 3. The Hall–Kier alpha value is -10.1. The molecule has 16 nitrogen and oxygen atoms in total. The monoisotopic (exact) mass is 1550 g/mol. The Balaban J connectivity index is 1.22. The average Bonchev–Trinajstić information content (AvgIpc) is 1.61. The maximum atomic E-state index is 12.1. The Labute approximate surface area is 678 Å². The Kier molecular flexibility index (Phi) is 36.2. The molecule has 2 aliphatic rings. The zero-order valence-corrected chi connectivity index (χ0v) is 69.7. The summed E-state index contributed by atoms with van der Waals surface area (Å²) in [5.41, 5.74) is 14.7. The van der Waals surface area contributed by atoms with E-state index in [1.165, 1.54) is 6.42 Å². The highest BCUT2D eigenvalue weighted by Gasteiger charge is 2.24. The maximum absolute atomic E-state index is 12.1. The van der Waals surface area contributed by atoms with Gasteiger partial charge in [-0.05, 0) is 254 Å². The largest absolute Gasteiger partial charge is 0.494 e. The lowest BCUT2D eigenvalue weighted by molar-refractivity contribution is -0.139. The fourth-order valence-electron chi connectivity index (χ4n) is 14.1. The number of unbranched alkanes of at least 4 members (excludes halogenated alkanes) is 12. The summed E-state index contributed by atoms with van der Waals surface area (Å²) in [6.45, 7) is 33.9. The van der Waals surface area contributed by atoms with E-state index in [0.29, 0.717) is 111 Å². The highest BCUT2D eigenvalue weighted by Crippen LogP contribution is 2.43. The van der Waals surface area contributed by atoms with Crippen LogP contribution in [-0.4, -0.2) is 97.3 Å². The van der Waals surface area contributed by atoms with Crippen LogP contribution in [0.5, 0.6) is 34.5 Å². The first-order chi connectivity index (χ1) is 55.5. The van der Waals surface area contributed by atoms with Gasteiger partial charge in [0.05, 0.1) is 82.2 Å². The van der Waals surface area contributed by atoms with E-state index in [1.54, 1.807) is 20.8 Å². The van der Waals surface area contributed by atoms with Gasteiger partial charge in [-0.15, -0.1) is 0 Å². The molecule has 0 amide bonds. The molecule has 0 fully saturated rings. The predicted octanol–water partition coefficient (Wildman–Crippen LogP) is 25.3. The van der Waals surface area contributed by atoms with Crippen LogP contribution in [-0.2, 0) is 28.6 Å². The minimum atomic E-state index is -0.375. The van der Waals surface area contributed by atoms with E-state index in [4.69, 9.17) is 52.6 Å². The zero-order chi connectivity index (χ0) is 81.0. The van der Waals surface area contributed by atoms with Gasteiger partial charge in [0, 0.05) is 61.0 Å². The number of carbonyl (C=O) groups is 3. The van der Waals surface area contributed by atoms with Gasteiger partial charge < -0.3 is 52.6 Å². The lowest BCUT2D eigenvalue weighted by atomic mass is 10.00. The van der Waals surface area contributed by atoms with Crippen molar-refractivity contribution in [3.63, 3.8) is 0 Å². The summed E-state index contributed by atoms with van der Waals surface area (Å²) in [6.07, 6.45) is 31.8. The second kappa shape index (κ2) is 46.9. The molecule has 0 saturated carbocycles. The molecule has 3 atom stereocenters. The lowest BCUT2D eigenvalue weighted by Gasteiger charge is -2.20. The van der Waals surface area contributed by atoms with E-state index in [0.717, 1.165) is 254 Å². The molecule has 610 valence electrons. The third-order valence-electron chi connectivity index (χ3n) is 21.2. The first kappa shape index (κ1) is 87.9. The van der Waals surface area contributed by atoms with Crippen LogP contribution in [0.4, 0.5) is 0 Å². The molecule has 0 saturated heterocycles. The summed E-state index contributed by atoms with van der Waals surface area (Å²) >= 11 is 0. The second-order valence-corrected chi connectivity index (χ2v) is 30.6. The molecule has 4 aromatic carbocycles. The highest BCUT2D eigenvalue weighted by molar-refractivity contribution is 6.00. The quantitative estimate of drug-likeness (QED) is 0.0158. The van der Waals surface area contributed by atoms with Gasteiger partial charge >= 0.3 is 17.9 Å². The second-order valence-electron chi connectivity index (χ2n) is 30.6. The summed E-state index contributed by atoms with van der Waals surface area (Å²) in [6, 6.07) is 37.9. The van der Waals surface area contributed by atoms with E-state index < -0.39 is 0 Å². The van der Waals surface area contributed by atoms with Crippen molar-refractivity contribution in [3.05, 3.63) is 168 Å². The highest BCUT2D eigenvalue weighted by atomic mass is 16.5. The number of aromatic amines is 2. The van der Waals surface area contributed by atoms with Crippen LogP contribution in [0.3, 0.4) is 0 Å². The molecule has 0 radical (unpaired) electrons. The molecule has 0 aliphatic carbocycles. The smallest absolute Gasteiger partial charge is 0.333 e. The van der Waals surface area contributed by atoms with Crippen molar-refractivity contribution in [3.8, 4) is 79.0 Å². The van der Waals surface area contributed by atoms with E-state index in [9.17, 15) is 14.4 Å². The number of hydrogen-bond acceptors (Lipinski definition) is 14. The maximum Gasteiger partial charge on any atom is 0.333 e. The normalized spacial score (nSPS) is 12.4. The van der Waals surface area contributed by atoms with Crippen molar-refractivity contribution < 1.29 is 57.0 Å². The van der Waals surface area contributed by atoms with E-state index in [1.807, 2.05) is 18.2 Å². The number of esters is 3. The van der Waals surface area contributed by atoms with Gasteiger partial charge in [-0.1, -0.05) is 155 Å². The minimum absolute atomic E-state index is 0.334. The molecular formula is C98H126N4O12. The molecule has 114 heavy (non-hydrogen) atoms. The standard InChI is InChI=1S/C98H126N4O12/c1-13-19-34-71(16-4)65-112-79-45-39-75(40-46-79)93-82-48-52-85(100-82)94(76-41-55-88(107-58-29-23-26-32-61-110-97(104)69(9)10)90(63-76)108-59-30-24-27-33-62-111-98(105)70(11)12)84-51-47-80(99-84)92(74-37-43-78(44-38-74)106-57-28-22-25-31-60-109-96(103)68(7)8)81-49-53-86(101-81)95(87-54-50-83(93)102-87)77-42-56-89(113-66-72(17-5)35-20-14-2)91(64-77)114-67-73(18-6)36-21-15-3/h37-56,63-64,71-73,100-101H,7,9,11,13-36,57-62,65-67H2,1-6,8,10,12H3. The van der Waals surface area contributed by atoms with Crippen LogP contribution in [0.2, 0.25) is 0 Å². The van der Waals surface area contributed by atoms with Gasteiger partial charge in [-0.2, -0.15) is 0 Å². The number of nitrogens with zero attached hydrogens (tertiary/aromatic N) is 2. The first-order valence-electron chi connectivity index (χ1n) is 42.4. The van der Waals surface area contributed by atoms with E-state index in [-0.39, 0.29) is 17.9 Å². The van der Waals surface area contributed by atoms with Crippen LogP contribution >= 0.6 is 0 Å². The SMILES string of the molecule is C=C(C)C(=O)OCCCCCCOc1ccc(-c2c3nc(c(-c4ccc(OCCCCCCOC(=O)C(=C)C)c(OCCCCCCOC(=O)C(=C)C)c4)c4ccc([nH]4)c(-c4ccc(OCC(CC)CCCC)cc4)c4nc(c(-c5ccc(OCC(CC)CCCC)c(OCC(CC)CCCC)c5)c5ccc2[nH]5)C=C4)C=C3)cc1. The van der Waals surface area contributed by atoms with Crippen molar-refractivity contribution in [1.29, 1.82) is 0 Å². The molecular weight excluding hydrogens is 1430 g/mol. The van der Waals surface area contributed by atoms with Gasteiger partial charge in [0.25, 0.3) is 0 Å². The lowest BCUT2D eigenvalue weighted by Crippen LogP contribution is -2.14. The molecule has 0 spiro atoms. The summed E-state index contributed by atoms with van der Waals surface area (Å²) in [5.74, 6) is 4.41. The number of fused-ring (bicyclic) bond motifs is 8. The zero-order valence-electron chi connectivity index (χ0n) is 69.7. The number of ether oxygens (including phenoxy) is 9. The number of rotatable bonds is 52. The van der Waals surface area contributed by atoms with E-state index in [2.05, 4.69) is 187 Å². The van der Waals surface area contributed by atoms with Gasteiger partial charge in [-0.3, -0.25) is 0 Å². The van der Waals surface area contributed by atoms with Crippen LogP contribution in [0, 0.1) is 17.8 Å². The summed E-state index contributed by atoms with van der Waals surface area (Å²) in [5, 5.41) is 0. The van der Waals surface area contributed by atoms with Crippen molar-refractivity contribution >= 4 is 64.3 Å². The fourth-order valence-corrected chi connectivity index (χ4v) is 14.1. The number of H-pyrrole nitrogens is 2. The number of aromatic nitrogens is 4. The molecule has 16 heteroatoms. The molecule has 2 N–H and O–H groups in total. The van der Waals surface area contributed by atoms with E-state index >= 15 is 0 Å². The molecule has 2 aliphatic heterocycles. The third kappa shape index (κ3) is 26.5. The van der Waals surface area contributed by atoms with Gasteiger partial charge in [-0.25, -0.2) is 24.4 Å². The van der Waals surface area contributed by atoms with Crippen LogP contribution in [0.15, 0.2) is 146 Å². The van der Waals surface area contributed by atoms with Crippen molar-refractivity contribution in [2.24, 2.45) is 17.8 Å². The molecule has 3 aromatic heterocycles. The first-order valence-corrected chi connectivity index (χ1v) is 42.4. The Morgan fingerprint density at radius 1 is 0.325 bits per heavy atom. The van der Waals surface area contributed by atoms with Gasteiger partial charge in [0.1, 0.15) is 11.5 Å². The number of benzene rings is 4.